The molecule has 0 radical (unpaired) electrons. The van der Waals surface area contributed by atoms with Crippen molar-refractivity contribution in [2.45, 2.75) is 32.1 Å². The molecule has 2 aromatic rings. The van der Waals surface area contributed by atoms with E-state index in [1.165, 1.54) is 0 Å². The Morgan fingerprint density at radius 2 is 2.25 bits per heavy atom. The van der Waals surface area contributed by atoms with E-state index in [1.807, 2.05) is 18.0 Å². The Hall–Kier alpha value is -2.54. The monoisotopic (exact) mass is 382 g/mol. The highest BCUT2D eigenvalue weighted by Crippen LogP contribution is 2.31. The van der Waals surface area contributed by atoms with E-state index < -0.39 is 0 Å². The minimum absolute atomic E-state index is 0.226. The van der Waals surface area contributed by atoms with Gasteiger partial charge in [0.15, 0.2) is 11.6 Å². The maximum absolute atomic E-state index is 12.6. The summed E-state index contributed by atoms with van der Waals surface area (Å²) in [7, 11) is 3.57. The third kappa shape index (κ3) is 3.99. The highest BCUT2D eigenvalue weighted by atomic mass is 16.5. The van der Waals surface area contributed by atoms with Crippen LogP contribution >= 0.6 is 0 Å². The first kappa shape index (κ1) is 18.8. The number of hydrogen-bond acceptors (Lipinski definition) is 7. The highest BCUT2D eigenvalue weighted by molar-refractivity contribution is 5.83. The fourth-order valence-electron chi connectivity index (χ4n) is 3.97. The average molecular weight is 382 g/mol. The number of ether oxygens (including phenoxy) is 2. The lowest BCUT2D eigenvalue weighted by atomic mass is 10.0. The number of pyridine rings is 1. The summed E-state index contributed by atoms with van der Waals surface area (Å²) in [5, 5.41) is 0. The van der Waals surface area contributed by atoms with E-state index >= 15 is 0 Å². The summed E-state index contributed by atoms with van der Waals surface area (Å²) < 4.78 is 10.7. The molecule has 1 aliphatic carbocycles. The van der Waals surface area contributed by atoms with Gasteiger partial charge in [-0.05, 0) is 37.7 Å². The first-order valence-electron chi connectivity index (χ1n) is 9.85. The van der Waals surface area contributed by atoms with Crippen LogP contribution in [0, 0.1) is 5.92 Å². The molecule has 3 heterocycles. The SMILES string of the molecule is COc1ccnc(-c2nc3c(c(N(C)CC(=O)C[C@H]4CCOC4)n2)CCC3)c1. The van der Waals surface area contributed by atoms with Crippen molar-refractivity contribution in [1.82, 2.24) is 15.0 Å². The summed E-state index contributed by atoms with van der Waals surface area (Å²) in [5.74, 6) is 2.73. The number of aromatic nitrogens is 3. The quantitative estimate of drug-likeness (QED) is 0.728. The van der Waals surface area contributed by atoms with Crippen LogP contribution in [0.1, 0.15) is 30.5 Å². The zero-order valence-corrected chi connectivity index (χ0v) is 16.5. The van der Waals surface area contributed by atoms with Crippen LogP contribution in [0.15, 0.2) is 18.3 Å². The number of carbonyl (C=O) groups is 1. The molecule has 7 nitrogen and oxygen atoms in total. The van der Waals surface area contributed by atoms with Gasteiger partial charge in [0.05, 0.1) is 13.7 Å². The molecule has 0 amide bonds. The van der Waals surface area contributed by atoms with Crippen molar-refractivity contribution >= 4 is 11.6 Å². The molecule has 0 aromatic carbocycles. The zero-order valence-electron chi connectivity index (χ0n) is 16.5. The molecule has 1 saturated heterocycles. The Morgan fingerprint density at radius 1 is 1.36 bits per heavy atom. The Morgan fingerprint density at radius 3 is 3.04 bits per heavy atom. The maximum Gasteiger partial charge on any atom is 0.180 e. The highest BCUT2D eigenvalue weighted by Gasteiger charge is 2.25. The molecular formula is C21H26N4O3. The lowest BCUT2D eigenvalue weighted by Gasteiger charge is -2.21. The molecule has 2 aliphatic rings. The number of nitrogens with zero attached hydrogens (tertiary/aromatic N) is 4. The summed E-state index contributed by atoms with van der Waals surface area (Å²) in [5.41, 5.74) is 2.90. The standard InChI is InChI=1S/C21H26N4O3/c1-25(12-15(26)10-14-7-9-28-13-14)21-17-4-3-5-18(17)23-20(24-21)19-11-16(27-2)6-8-22-19/h6,8,11,14H,3-5,7,9-10,12-13H2,1-2H3/t14-/m1/s1. The summed E-state index contributed by atoms with van der Waals surface area (Å²) >= 11 is 0. The molecule has 0 saturated carbocycles. The molecule has 0 bridgehead atoms. The fraction of sp³-hybridized carbons (Fsp3) is 0.524. The zero-order chi connectivity index (χ0) is 19.5. The minimum Gasteiger partial charge on any atom is -0.497 e. The number of ketones is 1. The predicted octanol–water partition coefficient (Wildman–Crippen LogP) is 2.47. The molecule has 2 aromatic heterocycles. The summed E-state index contributed by atoms with van der Waals surface area (Å²) in [6.45, 7) is 1.82. The normalized spacial score (nSPS) is 18.1. The molecule has 1 atom stereocenters. The van der Waals surface area contributed by atoms with Crippen LogP contribution in [-0.2, 0) is 22.4 Å². The van der Waals surface area contributed by atoms with E-state index in [0.29, 0.717) is 37.0 Å². The Bertz CT molecular complexity index is 865. The van der Waals surface area contributed by atoms with Gasteiger partial charge in [0.2, 0.25) is 0 Å². The van der Waals surface area contributed by atoms with E-state index in [-0.39, 0.29) is 5.78 Å². The third-order valence-corrected chi connectivity index (χ3v) is 5.42. The van der Waals surface area contributed by atoms with Gasteiger partial charge in [-0.3, -0.25) is 9.78 Å². The minimum atomic E-state index is 0.226. The summed E-state index contributed by atoms with van der Waals surface area (Å²) in [6, 6.07) is 3.64. The van der Waals surface area contributed by atoms with Crippen molar-refractivity contribution in [3.63, 3.8) is 0 Å². The van der Waals surface area contributed by atoms with Crippen molar-refractivity contribution in [3.8, 4) is 17.3 Å². The first-order valence-corrected chi connectivity index (χ1v) is 9.85. The molecule has 148 valence electrons. The van der Waals surface area contributed by atoms with Crippen LogP contribution in [0.4, 0.5) is 5.82 Å². The third-order valence-electron chi connectivity index (χ3n) is 5.42. The second-order valence-corrected chi connectivity index (χ2v) is 7.56. The van der Waals surface area contributed by atoms with Crippen LogP contribution in [0.2, 0.25) is 0 Å². The molecule has 0 N–H and O–H groups in total. The van der Waals surface area contributed by atoms with Gasteiger partial charge in [0.25, 0.3) is 0 Å². The van der Waals surface area contributed by atoms with Crippen LogP contribution in [0.5, 0.6) is 5.75 Å². The van der Waals surface area contributed by atoms with Crippen LogP contribution < -0.4 is 9.64 Å². The lowest BCUT2D eigenvalue weighted by Crippen LogP contribution is -2.29. The molecule has 7 heteroatoms. The number of hydrogen-bond donors (Lipinski definition) is 0. The first-order chi connectivity index (χ1) is 13.6. The second kappa shape index (κ2) is 8.22. The van der Waals surface area contributed by atoms with Crippen molar-refractivity contribution in [2.75, 3.05) is 38.8 Å². The topological polar surface area (TPSA) is 77.4 Å². The van der Waals surface area contributed by atoms with Crippen LogP contribution in [-0.4, -0.2) is 54.7 Å². The molecule has 0 unspecified atom stereocenters. The molecule has 1 aliphatic heterocycles. The molecule has 0 spiro atoms. The van der Waals surface area contributed by atoms with Crippen molar-refractivity contribution in [3.05, 3.63) is 29.6 Å². The smallest absolute Gasteiger partial charge is 0.180 e. The van der Waals surface area contributed by atoms with Gasteiger partial charge < -0.3 is 14.4 Å². The average Bonchev–Trinajstić information content (AvgIpc) is 3.38. The molecule has 4 rings (SSSR count). The number of Topliss-reactive ketones (excluding diaryl/α,β-unsaturated/α-hetero) is 1. The molecule has 1 fully saturated rings. The molecule has 28 heavy (non-hydrogen) atoms. The van der Waals surface area contributed by atoms with E-state index in [4.69, 9.17) is 19.4 Å². The van der Waals surface area contributed by atoms with E-state index in [9.17, 15) is 4.79 Å². The van der Waals surface area contributed by atoms with Gasteiger partial charge >= 0.3 is 0 Å². The van der Waals surface area contributed by atoms with E-state index in [1.54, 1.807) is 19.4 Å². The van der Waals surface area contributed by atoms with Gasteiger partial charge in [-0.1, -0.05) is 0 Å². The van der Waals surface area contributed by atoms with Gasteiger partial charge in [-0.2, -0.15) is 0 Å². The van der Waals surface area contributed by atoms with Gasteiger partial charge in [-0.25, -0.2) is 9.97 Å². The van der Waals surface area contributed by atoms with Crippen molar-refractivity contribution in [2.24, 2.45) is 5.92 Å². The number of likely N-dealkylation sites (N-methyl/N-ethyl adjacent to an activating group) is 1. The lowest BCUT2D eigenvalue weighted by molar-refractivity contribution is -0.118. The van der Waals surface area contributed by atoms with Crippen molar-refractivity contribution in [1.29, 1.82) is 0 Å². The number of anilines is 1. The number of fused-ring (bicyclic) bond motifs is 1. The van der Waals surface area contributed by atoms with Crippen LogP contribution in [0.3, 0.4) is 0 Å². The summed E-state index contributed by atoms with van der Waals surface area (Å²) in [6.07, 6.45) is 6.19. The summed E-state index contributed by atoms with van der Waals surface area (Å²) in [4.78, 5) is 28.5. The Kier molecular flexibility index (Phi) is 5.52. The second-order valence-electron chi connectivity index (χ2n) is 7.56. The Labute approximate surface area is 165 Å². The number of rotatable bonds is 7. The van der Waals surface area contributed by atoms with Crippen LogP contribution in [0.25, 0.3) is 11.5 Å². The predicted molar refractivity (Wildman–Crippen MR) is 106 cm³/mol. The fourth-order valence-corrected chi connectivity index (χ4v) is 3.97. The van der Waals surface area contributed by atoms with Gasteiger partial charge in [-0.15, -0.1) is 0 Å². The Balaban J connectivity index is 1.58. The van der Waals surface area contributed by atoms with Gasteiger partial charge in [0.1, 0.15) is 17.3 Å². The van der Waals surface area contributed by atoms with E-state index in [2.05, 4.69) is 4.98 Å². The number of methoxy groups -OCH3 is 1. The largest absolute Gasteiger partial charge is 0.497 e. The number of carbonyl (C=O) groups excluding carboxylic acids is 1. The maximum atomic E-state index is 12.6. The van der Waals surface area contributed by atoms with Gasteiger partial charge in [0, 0.05) is 50.2 Å². The van der Waals surface area contributed by atoms with E-state index in [0.717, 1.165) is 55.1 Å². The van der Waals surface area contributed by atoms with Crippen molar-refractivity contribution < 1.29 is 14.3 Å². The molecular weight excluding hydrogens is 356 g/mol. The number of aryl methyl sites for hydroxylation is 1.